The Balaban J connectivity index is 1.76. The number of para-hydroxylation sites is 1. The second-order valence-corrected chi connectivity index (χ2v) is 6.65. The highest BCUT2D eigenvalue weighted by atomic mass is 19.1. The lowest BCUT2D eigenvalue weighted by Crippen LogP contribution is -2.21. The summed E-state index contributed by atoms with van der Waals surface area (Å²) in [6, 6.07) is 13.3. The number of anilines is 2. The van der Waals surface area contributed by atoms with Crippen molar-refractivity contribution in [1.82, 2.24) is 9.38 Å². The number of pyridine rings is 1. The first-order valence-corrected chi connectivity index (χ1v) is 9.11. The molecule has 0 radical (unpaired) electrons. The number of carbonyl (C=O) groups excluding carboxylic acids is 1. The van der Waals surface area contributed by atoms with Crippen molar-refractivity contribution in [3.63, 3.8) is 0 Å². The lowest BCUT2D eigenvalue weighted by Gasteiger charge is -2.12. The zero-order valence-electron chi connectivity index (χ0n) is 16.2. The maximum absolute atomic E-state index is 13.9. The molecular weight excluding hydrogens is 390 g/mol. The monoisotopic (exact) mass is 408 g/mol. The molecule has 0 atom stereocenters. The number of methoxy groups -OCH3 is 1. The number of amides is 2. The lowest BCUT2D eigenvalue weighted by atomic mass is 10.1. The minimum Gasteiger partial charge on any atom is -0.496 e. The van der Waals surface area contributed by atoms with Gasteiger partial charge in [0.1, 0.15) is 34.5 Å². The van der Waals surface area contributed by atoms with Crippen molar-refractivity contribution in [1.29, 1.82) is 0 Å². The van der Waals surface area contributed by atoms with Crippen LogP contribution in [0, 0.1) is 18.6 Å². The molecule has 8 heteroatoms. The molecule has 0 aliphatic carbocycles. The molecule has 2 N–H and O–H groups in total. The van der Waals surface area contributed by atoms with Crippen LogP contribution in [-0.4, -0.2) is 22.5 Å². The van der Waals surface area contributed by atoms with Gasteiger partial charge in [-0.3, -0.25) is 9.72 Å². The van der Waals surface area contributed by atoms with Crippen molar-refractivity contribution in [2.75, 3.05) is 17.7 Å². The first-order valence-electron chi connectivity index (χ1n) is 9.11. The fraction of sp³-hybridized carbons (Fsp3) is 0.0909. The molecule has 152 valence electrons. The molecule has 0 aliphatic rings. The number of ether oxygens (including phenoxy) is 1. The fourth-order valence-electron chi connectivity index (χ4n) is 3.15. The minimum absolute atomic E-state index is 0.141. The molecule has 2 heterocycles. The molecular formula is C22H18F2N4O2. The summed E-state index contributed by atoms with van der Waals surface area (Å²) in [6.45, 7) is 1.92. The number of imidazole rings is 1. The van der Waals surface area contributed by atoms with Gasteiger partial charge in [0.15, 0.2) is 0 Å². The van der Waals surface area contributed by atoms with Crippen LogP contribution in [0.25, 0.3) is 16.9 Å². The average Bonchev–Trinajstić information content (AvgIpc) is 3.07. The number of hydrogen-bond acceptors (Lipinski definition) is 3. The second-order valence-electron chi connectivity index (χ2n) is 6.65. The van der Waals surface area contributed by atoms with E-state index in [0.29, 0.717) is 34.5 Å². The third-order valence-corrected chi connectivity index (χ3v) is 4.54. The van der Waals surface area contributed by atoms with Crippen LogP contribution in [0.1, 0.15) is 5.56 Å². The van der Waals surface area contributed by atoms with Gasteiger partial charge >= 0.3 is 6.03 Å². The van der Waals surface area contributed by atoms with E-state index in [9.17, 15) is 13.6 Å². The molecule has 0 bridgehead atoms. The third-order valence-electron chi connectivity index (χ3n) is 4.54. The highest BCUT2D eigenvalue weighted by Gasteiger charge is 2.20. The zero-order valence-corrected chi connectivity index (χ0v) is 16.2. The molecule has 4 aromatic rings. The summed E-state index contributed by atoms with van der Waals surface area (Å²) in [5.74, 6) is -0.623. The lowest BCUT2D eigenvalue weighted by molar-refractivity contribution is 0.262. The molecule has 2 aromatic carbocycles. The van der Waals surface area contributed by atoms with E-state index in [4.69, 9.17) is 4.74 Å². The Labute approximate surface area is 171 Å². The van der Waals surface area contributed by atoms with E-state index in [2.05, 4.69) is 15.6 Å². The topological polar surface area (TPSA) is 67.7 Å². The Hall–Kier alpha value is -3.94. The van der Waals surface area contributed by atoms with E-state index in [1.807, 2.05) is 43.5 Å². The zero-order chi connectivity index (χ0) is 21.3. The van der Waals surface area contributed by atoms with Crippen LogP contribution in [0.5, 0.6) is 5.75 Å². The number of benzene rings is 2. The molecule has 0 spiro atoms. The van der Waals surface area contributed by atoms with E-state index in [0.717, 1.165) is 17.7 Å². The van der Waals surface area contributed by atoms with Gasteiger partial charge in [0.05, 0.1) is 12.8 Å². The summed E-state index contributed by atoms with van der Waals surface area (Å²) < 4.78 is 34.2. The van der Waals surface area contributed by atoms with E-state index in [1.165, 1.54) is 0 Å². The number of nitrogens with one attached hydrogen (secondary N) is 2. The van der Waals surface area contributed by atoms with Gasteiger partial charge < -0.3 is 10.1 Å². The van der Waals surface area contributed by atoms with Crippen LogP contribution >= 0.6 is 0 Å². The van der Waals surface area contributed by atoms with Crippen molar-refractivity contribution < 1.29 is 18.3 Å². The van der Waals surface area contributed by atoms with Gasteiger partial charge in [-0.1, -0.05) is 18.2 Å². The summed E-state index contributed by atoms with van der Waals surface area (Å²) in [6.07, 6.45) is 1.83. The molecule has 0 aliphatic heterocycles. The molecule has 6 nitrogen and oxygen atoms in total. The van der Waals surface area contributed by atoms with Crippen molar-refractivity contribution in [3.8, 4) is 17.0 Å². The summed E-state index contributed by atoms with van der Waals surface area (Å²) in [5, 5.41) is 5.13. The van der Waals surface area contributed by atoms with Crippen LogP contribution in [0.2, 0.25) is 0 Å². The van der Waals surface area contributed by atoms with Crippen molar-refractivity contribution in [3.05, 3.63) is 78.0 Å². The number of carbonyl (C=O) groups is 1. The molecule has 4 rings (SSSR count). The van der Waals surface area contributed by atoms with Gasteiger partial charge in [0.2, 0.25) is 0 Å². The Morgan fingerprint density at radius 1 is 1.07 bits per heavy atom. The highest BCUT2D eigenvalue weighted by Crippen LogP contribution is 2.35. The molecule has 30 heavy (non-hydrogen) atoms. The predicted molar refractivity (Wildman–Crippen MR) is 111 cm³/mol. The van der Waals surface area contributed by atoms with Crippen LogP contribution in [0.3, 0.4) is 0 Å². The molecule has 2 amide bonds. The summed E-state index contributed by atoms with van der Waals surface area (Å²) in [7, 11) is 1.55. The van der Waals surface area contributed by atoms with Crippen molar-refractivity contribution in [2.45, 2.75) is 6.92 Å². The first kappa shape index (κ1) is 19.4. The van der Waals surface area contributed by atoms with Gasteiger partial charge in [-0.25, -0.2) is 18.6 Å². The second kappa shape index (κ2) is 7.82. The number of urea groups is 1. The van der Waals surface area contributed by atoms with Crippen molar-refractivity contribution >= 4 is 23.2 Å². The van der Waals surface area contributed by atoms with Gasteiger partial charge in [-0.15, -0.1) is 0 Å². The summed E-state index contributed by atoms with van der Waals surface area (Å²) in [4.78, 5) is 17.3. The normalized spacial score (nSPS) is 10.8. The standard InChI is InChI=1S/C22H18F2N4O2/c1-13-7-10-19-26-20(15-5-3-4-6-18(15)30-2)21(28(19)12-13)27-22(29)25-17-9-8-14(23)11-16(17)24/h3-12H,1-2H3,(H2,25,27,29). The van der Waals surface area contributed by atoms with Gasteiger partial charge in [-0.2, -0.15) is 0 Å². The van der Waals surface area contributed by atoms with Gasteiger partial charge in [0, 0.05) is 17.8 Å². The fourth-order valence-corrected chi connectivity index (χ4v) is 3.15. The smallest absolute Gasteiger partial charge is 0.324 e. The largest absolute Gasteiger partial charge is 0.496 e. The van der Waals surface area contributed by atoms with Crippen molar-refractivity contribution in [2.24, 2.45) is 0 Å². The number of fused-ring (bicyclic) bond motifs is 1. The molecule has 0 unspecified atom stereocenters. The maximum atomic E-state index is 13.9. The van der Waals surface area contributed by atoms with Crippen LogP contribution in [-0.2, 0) is 0 Å². The highest BCUT2D eigenvalue weighted by molar-refractivity contribution is 6.02. The Bertz CT molecular complexity index is 1250. The molecule has 0 saturated heterocycles. The molecule has 2 aromatic heterocycles. The maximum Gasteiger partial charge on any atom is 0.324 e. The van der Waals surface area contributed by atoms with E-state index < -0.39 is 17.7 Å². The number of halogens is 2. The van der Waals surface area contributed by atoms with Crippen LogP contribution < -0.4 is 15.4 Å². The van der Waals surface area contributed by atoms with Gasteiger partial charge in [0.25, 0.3) is 0 Å². The number of aromatic nitrogens is 2. The number of rotatable bonds is 4. The first-order chi connectivity index (χ1) is 14.5. The van der Waals surface area contributed by atoms with Crippen LogP contribution in [0.4, 0.5) is 25.1 Å². The number of nitrogens with zero attached hydrogens (tertiary/aromatic N) is 2. The van der Waals surface area contributed by atoms with E-state index in [-0.39, 0.29) is 5.69 Å². The third kappa shape index (κ3) is 3.67. The minimum atomic E-state index is -0.871. The summed E-state index contributed by atoms with van der Waals surface area (Å²) >= 11 is 0. The Kier molecular flexibility index (Phi) is 5.05. The molecule has 0 saturated carbocycles. The number of aryl methyl sites for hydroxylation is 1. The quantitative estimate of drug-likeness (QED) is 0.485. The van der Waals surface area contributed by atoms with E-state index >= 15 is 0 Å². The summed E-state index contributed by atoms with van der Waals surface area (Å²) in [5.41, 5.74) is 2.61. The van der Waals surface area contributed by atoms with E-state index in [1.54, 1.807) is 17.6 Å². The SMILES string of the molecule is COc1ccccc1-c1nc2ccc(C)cn2c1NC(=O)Nc1ccc(F)cc1F. The molecule has 0 fully saturated rings. The van der Waals surface area contributed by atoms with Gasteiger partial charge in [-0.05, 0) is 42.8 Å². The Morgan fingerprint density at radius 3 is 2.63 bits per heavy atom. The predicted octanol–water partition coefficient (Wildman–Crippen LogP) is 5.24. The Morgan fingerprint density at radius 2 is 1.87 bits per heavy atom. The van der Waals surface area contributed by atoms with Crippen LogP contribution in [0.15, 0.2) is 60.8 Å². The number of hydrogen-bond donors (Lipinski definition) is 2. The average molecular weight is 408 g/mol.